The van der Waals surface area contributed by atoms with Gasteiger partial charge in [0.1, 0.15) is 28.8 Å². The largest absolute Gasteiger partial charge is 0.342 e. The number of amides is 1. The maximum atomic E-state index is 14.3. The number of allylic oxidation sites excluding steroid dienone is 1. The van der Waals surface area contributed by atoms with Gasteiger partial charge >= 0.3 is 0 Å². The van der Waals surface area contributed by atoms with Gasteiger partial charge in [0.15, 0.2) is 0 Å². The minimum atomic E-state index is -0.848. The number of aromatic nitrogens is 1. The summed E-state index contributed by atoms with van der Waals surface area (Å²) in [4.78, 5) is 21.2. The van der Waals surface area contributed by atoms with Crippen LogP contribution >= 0.6 is 0 Å². The molecule has 1 aliphatic carbocycles. The number of carbonyl (C=O) groups is 1. The van der Waals surface area contributed by atoms with Crippen LogP contribution in [0.3, 0.4) is 0 Å². The maximum Gasteiger partial charge on any atom is 0.270 e. The zero-order chi connectivity index (χ0) is 22.8. The fourth-order valence-electron chi connectivity index (χ4n) is 4.67. The molecule has 4 unspecified atom stereocenters. The molecule has 1 amide bonds. The Morgan fingerprint density at radius 3 is 2.66 bits per heavy atom. The number of hydrogen-bond donors (Lipinski definition) is 2. The van der Waals surface area contributed by atoms with Crippen LogP contribution in [0.25, 0.3) is 11.3 Å². The van der Waals surface area contributed by atoms with Gasteiger partial charge in [0.05, 0.1) is 12.6 Å². The summed E-state index contributed by atoms with van der Waals surface area (Å²) < 4.78 is 42.1. The zero-order valence-corrected chi connectivity index (χ0v) is 17.7. The number of dihydropyridines is 1. The molecule has 2 aliphatic rings. The quantitative estimate of drug-likeness (QED) is 0.750. The van der Waals surface area contributed by atoms with Gasteiger partial charge in [-0.25, -0.2) is 18.2 Å². The molecule has 4 rings (SSSR count). The molecule has 2 aromatic rings. The van der Waals surface area contributed by atoms with Gasteiger partial charge in [-0.1, -0.05) is 6.92 Å². The van der Waals surface area contributed by atoms with E-state index in [1.54, 1.807) is 6.21 Å². The molecule has 4 atom stereocenters. The Labute approximate surface area is 184 Å². The molecule has 1 saturated carbocycles. The summed E-state index contributed by atoms with van der Waals surface area (Å²) in [6, 6.07) is 4.71. The first-order valence-corrected chi connectivity index (χ1v) is 10.7. The third kappa shape index (κ3) is 4.75. The van der Waals surface area contributed by atoms with Crippen LogP contribution in [-0.4, -0.2) is 35.7 Å². The number of rotatable bonds is 4. The molecular formula is C24H25F3N4O. The number of aliphatic imine (C=N–C) groups is 1. The Bertz CT molecular complexity index is 1070. The van der Waals surface area contributed by atoms with Crippen molar-refractivity contribution >= 4 is 12.1 Å². The van der Waals surface area contributed by atoms with Crippen molar-refractivity contribution in [3.63, 3.8) is 0 Å². The van der Waals surface area contributed by atoms with Crippen molar-refractivity contribution in [3.05, 3.63) is 65.1 Å². The number of pyridine rings is 1. The topological polar surface area (TPSA) is 80.4 Å². The molecule has 0 radical (unpaired) electrons. The highest BCUT2D eigenvalue weighted by atomic mass is 19.1. The van der Waals surface area contributed by atoms with E-state index in [2.05, 4.69) is 22.2 Å². The first kappa shape index (κ1) is 22.2. The highest BCUT2D eigenvalue weighted by Gasteiger charge is 2.32. The molecule has 0 spiro atoms. The second kappa shape index (κ2) is 9.24. The number of carbonyl (C=O) groups excluding carboxylic acids is 1. The highest BCUT2D eigenvalue weighted by molar-refractivity contribution is 5.93. The van der Waals surface area contributed by atoms with Gasteiger partial charge in [-0.05, 0) is 73.1 Å². The van der Waals surface area contributed by atoms with E-state index < -0.39 is 29.1 Å². The van der Waals surface area contributed by atoms with E-state index >= 15 is 0 Å². The number of hydrogen-bond acceptors (Lipinski definition) is 4. The lowest BCUT2D eigenvalue weighted by molar-refractivity contribution is 0.0935. The van der Waals surface area contributed by atoms with Gasteiger partial charge in [-0.15, -0.1) is 0 Å². The standard InChI is InChI=1S/C24H25F3N4O/c1-13-8-14(10-16(28)9-13)17-6-7-29-12-22(17)31-24(32)21-5-4-20(27)23(30-21)18-11-15(25)2-3-19(18)26/h2-7,11,13-14,16,22H,8-10,12,28H2,1H3,(H,31,32). The van der Waals surface area contributed by atoms with E-state index in [1.807, 2.05) is 6.08 Å². The highest BCUT2D eigenvalue weighted by Crippen LogP contribution is 2.35. The van der Waals surface area contributed by atoms with Crippen LogP contribution in [0.4, 0.5) is 13.2 Å². The molecule has 5 nitrogen and oxygen atoms in total. The molecule has 32 heavy (non-hydrogen) atoms. The molecule has 0 bridgehead atoms. The van der Waals surface area contributed by atoms with Crippen LogP contribution in [-0.2, 0) is 0 Å². The number of nitrogens with zero attached hydrogens (tertiary/aromatic N) is 2. The molecule has 1 fully saturated rings. The summed E-state index contributed by atoms with van der Waals surface area (Å²) in [6.07, 6.45) is 6.47. The second-order valence-corrected chi connectivity index (χ2v) is 8.63. The van der Waals surface area contributed by atoms with Crippen LogP contribution in [0, 0.1) is 29.3 Å². The molecular weight excluding hydrogens is 417 g/mol. The summed E-state index contributed by atoms with van der Waals surface area (Å²) in [5, 5.41) is 2.92. The van der Waals surface area contributed by atoms with Crippen LogP contribution in [0.1, 0.15) is 36.7 Å². The van der Waals surface area contributed by atoms with Crippen LogP contribution < -0.4 is 11.1 Å². The first-order chi connectivity index (χ1) is 15.3. The fraction of sp³-hybridized carbons (Fsp3) is 0.375. The van der Waals surface area contributed by atoms with Gasteiger partial charge < -0.3 is 11.1 Å². The van der Waals surface area contributed by atoms with Gasteiger partial charge in [0.2, 0.25) is 0 Å². The predicted molar refractivity (Wildman–Crippen MR) is 117 cm³/mol. The number of nitrogens with one attached hydrogen (secondary N) is 1. The van der Waals surface area contributed by atoms with Crippen LogP contribution in [0.15, 0.2) is 47.0 Å². The van der Waals surface area contributed by atoms with Crippen molar-refractivity contribution in [1.29, 1.82) is 0 Å². The monoisotopic (exact) mass is 442 g/mol. The smallest absolute Gasteiger partial charge is 0.270 e. The lowest BCUT2D eigenvalue weighted by Gasteiger charge is -2.36. The molecule has 1 aromatic heterocycles. The minimum Gasteiger partial charge on any atom is -0.342 e. The van der Waals surface area contributed by atoms with E-state index in [0.717, 1.165) is 49.1 Å². The van der Waals surface area contributed by atoms with Gasteiger partial charge in [-0.3, -0.25) is 9.79 Å². The van der Waals surface area contributed by atoms with Crippen molar-refractivity contribution in [2.75, 3.05) is 6.54 Å². The van der Waals surface area contributed by atoms with Crippen molar-refractivity contribution in [2.45, 2.75) is 38.3 Å². The molecule has 1 aliphatic heterocycles. The average Bonchev–Trinajstić information content (AvgIpc) is 2.75. The van der Waals surface area contributed by atoms with Crippen LogP contribution in [0.5, 0.6) is 0 Å². The molecule has 3 N–H and O–H groups in total. The van der Waals surface area contributed by atoms with E-state index in [4.69, 9.17) is 5.73 Å². The summed E-state index contributed by atoms with van der Waals surface area (Å²) in [5.41, 5.74) is 6.43. The Balaban J connectivity index is 1.57. The van der Waals surface area contributed by atoms with Crippen molar-refractivity contribution in [2.24, 2.45) is 22.6 Å². The van der Waals surface area contributed by atoms with E-state index in [-0.39, 0.29) is 29.3 Å². The summed E-state index contributed by atoms with van der Waals surface area (Å²) in [7, 11) is 0. The Morgan fingerprint density at radius 1 is 1.09 bits per heavy atom. The van der Waals surface area contributed by atoms with Crippen molar-refractivity contribution in [3.8, 4) is 11.3 Å². The van der Waals surface area contributed by atoms with Gasteiger partial charge in [-0.2, -0.15) is 0 Å². The molecule has 168 valence electrons. The Kier molecular flexibility index (Phi) is 6.41. The third-order valence-corrected chi connectivity index (χ3v) is 6.08. The van der Waals surface area contributed by atoms with Gasteiger partial charge in [0, 0.05) is 17.8 Å². The zero-order valence-electron chi connectivity index (χ0n) is 17.7. The summed E-state index contributed by atoms with van der Waals surface area (Å²) in [5.74, 6) is -2.22. The lowest BCUT2D eigenvalue weighted by atomic mass is 9.74. The normalized spacial score (nSPS) is 25.3. The second-order valence-electron chi connectivity index (χ2n) is 8.63. The fourth-order valence-corrected chi connectivity index (χ4v) is 4.67. The summed E-state index contributed by atoms with van der Waals surface area (Å²) in [6.45, 7) is 2.55. The van der Waals surface area contributed by atoms with Crippen LogP contribution in [0.2, 0.25) is 0 Å². The SMILES string of the molecule is CC1CC(N)CC(C2=CC=NCC2NC(=O)c2ccc(F)c(-c3cc(F)ccc3F)n2)C1. The maximum absolute atomic E-state index is 14.3. The molecule has 8 heteroatoms. The van der Waals surface area contributed by atoms with Crippen molar-refractivity contribution in [1.82, 2.24) is 10.3 Å². The number of nitrogens with two attached hydrogens (primary N) is 1. The average molecular weight is 442 g/mol. The lowest BCUT2D eigenvalue weighted by Crippen LogP contribution is -2.44. The van der Waals surface area contributed by atoms with E-state index in [0.29, 0.717) is 12.5 Å². The van der Waals surface area contributed by atoms with E-state index in [1.165, 1.54) is 6.07 Å². The predicted octanol–water partition coefficient (Wildman–Crippen LogP) is 4.04. The number of halogens is 3. The Morgan fingerprint density at radius 2 is 1.88 bits per heavy atom. The third-order valence-electron chi connectivity index (χ3n) is 6.08. The summed E-state index contributed by atoms with van der Waals surface area (Å²) >= 11 is 0. The molecule has 2 heterocycles. The van der Waals surface area contributed by atoms with Crippen molar-refractivity contribution < 1.29 is 18.0 Å². The minimum absolute atomic E-state index is 0.0901. The molecule has 1 aromatic carbocycles. The van der Waals surface area contributed by atoms with E-state index in [9.17, 15) is 18.0 Å². The van der Waals surface area contributed by atoms with Gasteiger partial charge in [0.25, 0.3) is 5.91 Å². The Hall–Kier alpha value is -3.00. The number of benzene rings is 1. The first-order valence-electron chi connectivity index (χ1n) is 10.7. The molecule has 0 saturated heterocycles.